The fourth-order valence-corrected chi connectivity index (χ4v) is 3.36. The maximum atomic E-state index is 4.57. The second-order valence-corrected chi connectivity index (χ2v) is 7.10. The van der Waals surface area contributed by atoms with Gasteiger partial charge in [0.05, 0.1) is 6.54 Å². The second-order valence-electron chi connectivity index (χ2n) is 5.81. The smallest absolute Gasteiger partial charge is 0.157 e. The molecule has 0 saturated heterocycles. The molecule has 0 aromatic heterocycles. The summed E-state index contributed by atoms with van der Waals surface area (Å²) >= 11 is 1.92. The van der Waals surface area contributed by atoms with E-state index in [9.17, 15) is 0 Å². The third-order valence-electron chi connectivity index (χ3n) is 4.46. The Labute approximate surface area is 97.3 Å². The van der Waals surface area contributed by atoms with Crippen LogP contribution in [0.5, 0.6) is 0 Å². The van der Waals surface area contributed by atoms with Gasteiger partial charge in [-0.15, -0.1) is 0 Å². The van der Waals surface area contributed by atoms with E-state index >= 15 is 0 Å². The van der Waals surface area contributed by atoms with Gasteiger partial charge in [0.1, 0.15) is 0 Å². The Morgan fingerprint density at radius 3 is 2.33 bits per heavy atom. The van der Waals surface area contributed by atoms with Gasteiger partial charge in [-0.1, -0.05) is 46.4 Å². The van der Waals surface area contributed by atoms with Crippen LogP contribution < -0.4 is 5.32 Å². The van der Waals surface area contributed by atoms with Crippen molar-refractivity contribution in [1.29, 1.82) is 0 Å². The summed E-state index contributed by atoms with van der Waals surface area (Å²) in [5.41, 5.74) is 0.806. The Hall–Kier alpha value is -0.180. The van der Waals surface area contributed by atoms with E-state index in [1.54, 1.807) is 0 Å². The van der Waals surface area contributed by atoms with Crippen molar-refractivity contribution in [2.45, 2.75) is 52.3 Å². The van der Waals surface area contributed by atoms with Gasteiger partial charge in [-0.3, -0.25) is 4.99 Å². The predicted octanol–water partition coefficient (Wildman–Crippen LogP) is 2.89. The molecule has 1 aliphatic heterocycles. The summed E-state index contributed by atoms with van der Waals surface area (Å²) in [6.07, 6.45) is 1.22. The lowest BCUT2D eigenvalue weighted by molar-refractivity contribution is 0.457. The molecule has 3 heteroatoms. The highest BCUT2D eigenvalue weighted by molar-refractivity contribution is 8.14. The highest BCUT2D eigenvalue weighted by atomic mass is 32.2. The highest BCUT2D eigenvalue weighted by Gasteiger charge is 2.65. The van der Waals surface area contributed by atoms with Gasteiger partial charge in [-0.05, 0) is 17.3 Å². The van der Waals surface area contributed by atoms with Gasteiger partial charge in [-0.2, -0.15) is 0 Å². The largest absolute Gasteiger partial charge is 0.361 e. The molecule has 1 atom stereocenters. The minimum absolute atomic E-state index is 0.403. The molecule has 1 aliphatic carbocycles. The van der Waals surface area contributed by atoms with Crippen LogP contribution in [-0.4, -0.2) is 23.0 Å². The molecule has 2 nitrogen and oxygen atoms in total. The topological polar surface area (TPSA) is 24.4 Å². The number of hydrogen-bond acceptors (Lipinski definition) is 3. The van der Waals surface area contributed by atoms with Crippen LogP contribution in [-0.2, 0) is 0 Å². The van der Waals surface area contributed by atoms with E-state index in [2.05, 4.69) is 44.9 Å². The SMILES string of the molecule is CCC1CN=C(NC2C(C)(C)C2(C)C)S1. The molecule has 1 saturated carbocycles. The minimum atomic E-state index is 0.403. The molecule has 0 radical (unpaired) electrons. The number of thioether (sulfide) groups is 1. The zero-order valence-corrected chi connectivity index (χ0v) is 11.2. The Morgan fingerprint density at radius 2 is 1.93 bits per heavy atom. The zero-order chi connectivity index (χ0) is 11.3. The Balaban J connectivity index is 1.91. The Kier molecular flexibility index (Phi) is 2.57. The number of hydrogen-bond donors (Lipinski definition) is 1. The standard InChI is InChI=1S/C12H22N2S/c1-6-8-7-13-10(15-8)14-9-11(2,3)12(9,4)5/h8-9H,6-7H2,1-5H3,(H,13,14). The first-order valence-corrected chi connectivity index (χ1v) is 6.75. The van der Waals surface area contributed by atoms with Crippen molar-refractivity contribution in [3.05, 3.63) is 0 Å². The van der Waals surface area contributed by atoms with Gasteiger partial charge in [0.15, 0.2) is 5.17 Å². The number of nitrogens with one attached hydrogen (secondary N) is 1. The van der Waals surface area contributed by atoms with E-state index in [0.29, 0.717) is 22.1 Å². The van der Waals surface area contributed by atoms with E-state index in [4.69, 9.17) is 0 Å². The van der Waals surface area contributed by atoms with Gasteiger partial charge >= 0.3 is 0 Å². The van der Waals surface area contributed by atoms with Crippen LogP contribution in [0.25, 0.3) is 0 Å². The average Bonchev–Trinajstić information content (AvgIpc) is 2.60. The van der Waals surface area contributed by atoms with E-state index < -0.39 is 0 Å². The summed E-state index contributed by atoms with van der Waals surface area (Å²) in [7, 11) is 0. The molecule has 1 unspecified atom stereocenters. The van der Waals surface area contributed by atoms with Crippen molar-refractivity contribution in [2.24, 2.45) is 15.8 Å². The fourth-order valence-electron chi connectivity index (χ4n) is 2.39. The molecule has 2 rings (SSSR count). The van der Waals surface area contributed by atoms with Gasteiger partial charge in [0.2, 0.25) is 0 Å². The van der Waals surface area contributed by atoms with Crippen molar-refractivity contribution in [3.8, 4) is 0 Å². The van der Waals surface area contributed by atoms with Gasteiger partial charge in [0, 0.05) is 11.3 Å². The van der Waals surface area contributed by atoms with Crippen LogP contribution in [0.15, 0.2) is 4.99 Å². The monoisotopic (exact) mass is 226 g/mol. The third-order valence-corrected chi connectivity index (χ3v) is 5.75. The van der Waals surface area contributed by atoms with Crippen molar-refractivity contribution in [2.75, 3.05) is 6.54 Å². The molecule has 2 aliphatic rings. The zero-order valence-electron chi connectivity index (χ0n) is 10.4. The van der Waals surface area contributed by atoms with Crippen LogP contribution in [0.3, 0.4) is 0 Å². The highest BCUT2D eigenvalue weighted by Crippen LogP contribution is 2.62. The molecule has 0 spiro atoms. The minimum Gasteiger partial charge on any atom is -0.361 e. The molecule has 1 heterocycles. The van der Waals surface area contributed by atoms with Crippen LogP contribution in [0.1, 0.15) is 41.0 Å². The number of nitrogens with zero attached hydrogens (tertiary/aromatic N) is 1. The summed E-state index contributed by atoms with van der Waals surface area (Å²) in [6, 6.07) is 0.590. The van der Waals surface area contributed by atoms with Gasteiger partial charge < -0.3 is 5.32 Å². The average molecular weight is 226 g/mol. The lowest BCUT2D eigenvalue weighted by atomic mass is 10.0. The number of rotatable bonds is 2. The van der Waals surface area contributed by atoms with E-state index in [-0.39, 0.29) is 0 Å². The first-order chi connectivity index (χ1) is 6.89. The fraction of sp³-hybridized carbons (Fsp3) is 0.917. The molecule has 0 bridgehead atoms. The molecular formula is C12H22N2S. The normalized spacial score (nSPS) is 32.6. The predicted molar refractivity (Wildman–Crippen MR) is 68.5 cm³/mol. The van der Waals surface area contributed by atoms with Crippen molar-refractivity contribution < 1.29 is 0 Å². The maximum Gasteiger partial charge on any atom is 0.157 e. The molecule has 0 amide bonds. The quantitative estimate of drug-likeness (QED) is 0.783. The number of amidine groups is 1. The molecule has 1 N–H and O–H groups in total. The Morgan fingerprint density at radius 1 is 1.33 bits per heavy atom. The maximum absolute atomic E-state index is 4.57. The molecule has 1 fully saturated rings. The van der Waals surface area contributed by atoms with Crippen LogP contribution >= 0.6 is 11.8 Å². The summed E-state index contributed by atoms with van der Waals surface area (Å²) in [6.45, 7) is 12.6. The molecule has 15 heavy (non-hydrogen) atoms. The molecule has 86 valence electrons. The van der Waals surface area contributed by atoms with E-state index in [1.807, 2.05) is 11.8 Å². The van der Waals surface area contributed by atoms with Gasteiger partial charge in [0.25, 0.3) is 0 Å². The van der Waals surface area contributed by atoms with E-state index in [0.717, 1.165) is 6.54 Å². The van der Waals surface area contributed by atoms with Crippen LogP contribution in [0, 0.1) is 10.8 Å². The first kappa shape index (κ1) is 11.3. The Bertz CT molecular complexity index is 280. The summed E-state index contributed by atoms with van der Waals surface area (Å²) in [4.78, 5) is 4.57. The van der Waals surface area contributed by atoms with Crippen molar-refractivity contribution >= 4 is 16.9 Å². The van der Waals surface area contributed by atoms with Crippen molar-refractivity contribution in [3.63, 3.8) is 0 Å². The van der Waals surface area contributed by atoms with Crippen LogP contribution in [0.2, 0.25) is 0 Å². The van der Waals surface area contributed by atoms with Gasteiger partial charge in [-0.25, -0.2) is 0 Å². The number of aliphatic imine (C=N–C) groups is 1. The second kappa shape index (κ2) is 3.41. The van der Waals surface area contributed by atoms with Crippen molar-refractivity contribution in [1.82, 2.24) is 5.32 Å². The molecule has 0 aromatic carbocycles. The molecule has 0 aromatic rings. The van der Waals surface area contributed by atoms with E-state index in [1.165, 1.54) is 11.6 Å². The molecular weight excluding hydrogens is 204 g/mol. The third kappa shape index (κ3) is 1.69. The lowest BCUT2D eigenvalue weighted by Crippen LogP contribution is -2.26. The lowest BCUT2D eigenvalue weighted by Gasteiger charge is -2.08. The van der Waals surface area contributed by atoms with Crippen LogP contribution in [0.4, 0.5) is 0 Å². The summed E-state index contributed by atoms with van der Waals surface area (Å²) in [5.74, 6) is 0. The summed E-state index contributed by atoms with van der Waals surface area (Å²) < 4.78 is 0. The first-order valence-electron chi connectivity index (χ1n) is 5.87. The summed E-state index contributed by atoms with van der Waals surface area (Å²) in [5, 5.41) is 5.49.